The van der Waals surface area contributed by atoms with Crippen molar-refractivity contribution in [1.82, 2.24) is 5.32 Å². The van der Waals surface area contributed by atoms with E-state index in [1.165, 1.54) is 11.3 Å². The molecule has 0 spiro atoms. The molecule has 0 radical (unpaired) electrons. The van der Waals surface area contributed by atoms with Crippen LogP contribution in [0, 0.1) is 0 Å². The van der Waals surface area contributed by atoms with Crippen molar-refractivity contribution in [2.24, 2.45) is 0 Å². The molecule has 1 amide bonds. The third kappa shape index (κ3) is 5.32. The minimum absolute atomic E-state index is 0.0213. The Bertz CT molecular complexity index is 330. The fourth-order valence-electron chi connectivity index (χ4n) is 1.30. The second-order valence-electron chi connectivity index (χ2n) is 3.46. The zero-order valence-electron chi connectivity index (χ0n) is 8.97. The highest BCUT2D eigenvalue weighted by Crippen LogP contribution is 2.21. The summed E-state index contributed by atoms with van der Waals surface area (Å²) in [4.78, 5) is 12.4. The number of hydrogen-bond acceptors (Lipinski definition) is 2. The minimum Gasteiger partial charge on any atom is -0.351 e. The zero-order valence-corrected chi connectivity index (χ0v) is 12.1. The van der Waals surface area contributed by atoms with Crippen LogP contribution in [0.5, 0.6) is 0 Å². The van der Waals surface area contributed by atoms with E-state index in [2.05, 4.69) is 21.2 Å². The van der Waals surface area contributed by atoms with Crippen LogP contribution < -0.4 is 5.32 Å². The summed E-state index contributed by atoms with van der Waals surface area (Å²) in [7, 11) is 0. The lowest BCUT2D eigenvalue weighted by Gasteiger charge is -2.02. The van der Waals surface area contributed by atoms with Crippen molar-refractivity contribution >= 4 is 44.8 Å². The topological polar surface area (TPSA) is 29.1 Å². The van der Waals surface area contributed by atoms with Gasteiger partial charge in [-0.2, -0.15) is 0 Å². The number of carbonyl (C=O) groups is 1. The Morgan fingerprint density at radius 3 is 2.69 bits per heavy atom. The van der Waals surface area contributed by atoms with Crippen LogP contribution in [0.1, 0.15) is 35.4 Å². The first-order chi connectivity index (χ1) is 7.74. The molecule has 0 aliphatic carbocycles. The molecule has 0 aliphatic rings. The molecular weight excluding hydrogens is 310 g/mol. The van der Waals surface area contributed by atoms with Crippen LogP contribution >= 0.6 is 38.9 Å². The first-order valence-electron chi connectivity index (χ1n) is 5.33. The number of halogens is 2. The fraction of sp³-hybridized carbons (Fsp3) is 0.545. The molecule has 0 aromatic carbocycles. The summed E-state index contributed by atoms with van der Waals surface area (Å²) in [5.41, 5.74) is 0. The molecule has 1 aromatic rings. The molecule has 16 heavy (non-hydrogen) atoms. The van der Waals surface area contributed by atoms with Crippen LogP contribution in [-0.4, -0.2) is 18.3 Å². The number of hydrogen-bond donors (Lipinski definition) is 1. The van der Waals surface area contributed by atoms with Gasteiger partial charge in [-0.15, -0.1) is 22.9 Å². The third-order valence-electron chi connectivity index (χ3n) is 2.14. The predicted octanol–water partition coefficient (Wildman–Crippen LogP) is 4.04. The highest BCUT2D eigenvalue weighted by atomic mass is 79.9. The van der Waals surface area contributed by atoms with Crippen LogP contribution in [0.4, 0.5) is 0 Å². The summed E-state index contributed by atoms with van der Waals surface area (Å²) in [5.74, 6) is 0.753. The first-order valence-corrected chi connectivity index (χ1v) is 7.48. The second-order valence-corrected chi connectivity index (χ2v) is 6.30. The number of nitrogens with one attached hydrogen (secondary N) is 1. The largest absolute Gasteiger partial charge is 0.351 e. The van der Waals surface area contributed by atoms with E-state index in [4.69, 9.17) is 11.6 Å². The lowest BCUT2D eigenvalue weighted by atomic mass is 10.2. The lowest BCUT2D eigenvalue weighted by Crippen LogP contribution is -2.23. The summed E-state index contributed by atoms with van der Waals surface area (Å²) in [6, 6.07) is 3.72. The van der Waals surface area contributed by atoms with Gasteiger partial charge in [-0.1, -0.05) is 12.8 Å². The average molecular weight is 325 g/mol. The molecule has 0 saturated carbocycles. The van der Waals surface area contributed by atoms with E-state index in [0.717, 1.165) is 46.8 Å². The number of alkyl halides is 1. The highest BCUT2D eigenvalue weighted by Gasteiger charge is 2.06. The van der Waals surface area contributed by atoms with E-state index in [1.807, 2.05) is 12.1 Å². The van der Waals surface area contributed by atoms with Gasteiger partial charge in [0.2, 0.25) is 0 Å². The molecule has 0 bridgehead atoms. The zero-order chi connectivity index (χ0) is 11.8. The molecule has 0 fully saturated rings. The summed E-state index contributed by atoms with van der Waals surface area (Å²) < 4.78 is 0.986. The van der Waals surface area contributed by atoms with Crippen LogP contribution in [0.25, 0.3) is 0 Å². The van der Waals surface area contributed by atoms with E-state index in [9.17, 15) is 4.79 Å². The van der Waals surface area contributed by atoms with Crippen molar-refractivity contribution in [1.29, 1.82) is 0 Å². The van der Waals surface area contributed by atoms with Crippen LogP contribution in [-0.2, 0) is 0 Å². The molecule has 0 unspecified atom stereocenters. The van der Waals surface area contributed by atoms with E-state index in [0.29, 0.717) is 0 Å². The van der Waals surface area contributed by atoms with Crippen molar-refractivity contribution in [2.75, 3.05) is 12.4 Å². The monoisotopic (exact) mass is 323 g/mol. The molecule has 90 valence electrons. The van der Waals surface area contributed by atoms with Crippen LogP contribution in [0.2, 0.25) is 0 Å². The average Bonchev–Trinajstić information content (AvgIpc) is 2.70. The van der Waals surface area contributed by atoms with Gasteiger partial charge < -0.3 is 5.32 Å². The van der Waals surface area contributed by atoms with E-state index >= 15 is 0 Å². The molecular formula is C11H15BrClNOS. The van der Waals surface area contributed by atoms with Gasteiger partial charge in [0.1, 0.15) is 0 Å². The molecule has 1 rings (SSSR count). The highest BCUT2D eigenvalue weighted by molar-refractivity contribution is 9.11. The second kappa shape index (κ2) is 8.09. The maximum absolute atomic E-state index is 11.6. The smallest absolute Gasteiger partial charge is 0.261 e. The van der Waals surface area contributed by atoms with Gasteiger partial charge in [0.05, 0.1) is 8.66 Å². The Balaban J connectivity index is 2.11. The Kier molecular flexibility index (Phi) is 7.08. The third-order valence-corrected chi connectivity index (χ3v) is 4.03. The molecule has 2 nitrogen and oxygen atoms in total. The van der Waals surface area contributed by atoms with E-state index < -0.39 is 0 Å². The van der Waals surface area contributed by atoms with E-state index in [1.54, 1.807) is 0 Å². The van der Waals surface area contributed by atoms with Gasteiger partial charge in [0.15, 0.2) is 0 Å². The van der Waals surface area contributed by atoms with Crippen molar-refractivity contribution in [3.8, 4) is 0 Å². The van der Waals surface area contributed by atoms with Crippen molar-refractivity contribution in [3.63, 3.8) is 0 Å². The molecule has 0 saturated heterocycles. The fourth-order valence-corrected chi connectivity index (χ4v) is 2.79. The van der Waals surface area contributed by atoms with Gasteiger partial charge in [0, 0.05) is 12.4 Å². The van der Waals surface area contributed by atoms with Gasteiger partial charge in [0.25, 0.3) is 5.91 Å². The molecule has 0 atom stereocenters. The first kappa shape index (κ1) is 14.0. The normalized spacial score (nSPS) is 10.4. The quantitative estimate of drug-likeness (QED) is 0.595. The number of unbranched alkanes of at least 4 members (excludes halogenated alkanes) is 3. The van der Waals surface area contributed by atoms with Crippen LogP contribution in [0.3, 0.4) is 0 Å². The molecule has 1 N–H and O–H groups in total. The Morgan fingerprint density at radius 1 is 1.31 bits per heavy atom. The summed E-state index contributed by atoms with van der Waals surface area (Å²) in [5, 5.41) is 2.91. The predicted molar refractivity (Wildman–Crippen MR) is 73.5 cm³/mol. The number of amides is 1. The van der Waals surface area contributed by atoms with Gasteiger partial charge >= 0.3 is 0 Å². The van der Waals surface area contributed by atoms with Crippen LogP contribution in [0.15, 0.2) is 15.9 Å². The number of thiophene rings is 1. The standard InChI is InChI=1S/C11H15BrClNOS/c12-10-6-5-9(16-10)11(15)14-8-4-2-1-3-7-13/h5-6H,1-4,7-8H2,(H,14,15). The number of rotatable bonds is 7. The van der Waals surface area contributed by atoms with Gasteiger partial charge in [-0.3, -0.25) is 4.79 Å². The Hall–Kier alpha value is -0.0600. The molecule has 5 heteroatoms. The van der Waals surface area contributed by atoms with Gasteiger partial charge in [-0.05, 0) is 40.9 Å². The van der Waals surface area contributed by atoms with Crippen molar-refractivity contribution in [2.45, 2.75) is 25.7 Å². The van der Waals surface area contributed by atoms with Crippen molar-refractivity contribution in [3.05, 3.63) is 20.8 Å². The Morgan fingerprint density at radius 2 is 2.06 bits per heavy atom. The Labute approximate surface area is 114 Å². The van der Waals surface area contributed by atoms with Gasteiger partial charge in [-0.25, -0.2) is 0 Å². The SMILES string of the molecule is O=C(NCCCCCCCl)c1ccc(Br)s1. The maximum atomic E-state index is 11.6. The summed E-state index contributed by atoms with van der Waals surface area (Å²) in [6.07, 6.45) is 4.35. The molecule has 1 heterocycles. The maximum Gasteiger partial charge on any atom is 0.261 e. The molecule has 1 aromatic heterocycles. The summed E-state index contributed by atoms with van der Waals surface area (Å²) in [6.45, 7) is 0.747. The summed E-state index contributed by atoms with van der Waals surface area (Å²) >= 11 is 10.4. The molecule has 0 aliphatic heterocycles. The minimum atomic E-state index is 0.0213. The lowest BCUT2D eigenvalue weighted by molar-refractivity contribution is 0.0957. The number of carbonyl (C=O) groups excluding carboxylic acids is 1. The van der Waals surface area contributed by atoms with Crippen molar-refractivity contribution < 1.29 is 4.79 Å². The van der Waals surface area contributed by atoms with E-state index in [-0.39, 0.29) is 5.91 Å².